The number of carboxylic acid groups (broad SMARTS) is 1. The van der Waals surface area contributed by atoms with Gasteiger partial charge in [-0.15, -0.1) is 0 Å². The Labute approximate surface area is 91.2 Å². The molecule has 1 rings (SSSR count). The molecule has 16 heavy (non-hydrogen) atoms. The zero-order chi connectivity index (χ0) is 12.3. The predicted octanol–water partition coefficient (Wildman–Crippen LogP) is -2.18. The van der Waals surface area contributed by atoms with Crippen LogP contribution in [0.25, 0.3) is 0 Å². The Hall–Kier alpha value is -1.15. The molecule has 0 amide bonds. The molecule has 0 fully saturated rings. The van der Waals surface area contributed by atoms with Gasteiger partial charge in [0.1, 0.15) is 12.2 Å². The number of hydrogen-bond acceptors (Lipinski definition) is 6. The highest BCUT2D eigenvalue weighted by molar-refractivity contribution is 5.84. The molecule has 92 valence electrons. The van der Waals surface area contributed by atoms with Gasteiger partial charge >= 0.3 is 5.97 Å². The molecular weight excluding hydrogens is 220 g/mol. The van der Waals surface area contributed by atoms with Gasteiger partial charge in [0.15, 0.2) is 6.10 Å². The van der Waals surface area contributed by atoms with Crippen LogP contribution in [0.3, 0.4) is 0 Å². The molecule has 0 aromatic heterocycles. The van der Waals surface area contributed by atoms with Crippen LogP contribution in [0.2, 0.25) is 0 Å². The molecule has 0 spiro atoms. The van der Waals surface area contributed by atoms with E-state index in [-0.39, 0.29) is 12.2 Å². The minimum atomic E-state index is -1.55. The first-order valence-corrected chi connectivity index (χ1v) is 4.72. The summed E-state index contributed by atoms with van der Waals surface area (Å²) < 4.78 is 4.84. The maximum absolute atomic E-state index is 10.6. The van der Waals surface area contributed by atoms with Crippen LogP contribution in [0.4, 0.5) is 0 Å². The van der Waals surface area contributed by atoms with Gasteiger partial charge in [0.2, 0.25) is 5.76 Å². The Morgan fingerprint density at radius 1 is 1.56 bits per heavy atom. The van der Waals surface area contributed by atoms with Gasteiger partial charge in [0.05, 0.1) is 12.7 Å². The van der Waals surface area contributed by atoms with Crippen molar-refractivity contribution in [3.63, 3.8) is 0 Å². The van der Waals surface area contributed by atoms with Gasteiger partial charge in [0.25, 0.3) is 0 Å². The summed E-state index contributed by atoms with van der Waals surface area (Å²) in [5.74, 6) is -1.71. The van der Waals surface area contributed by atoms with E-state index in [4.69, 9.17) is 20.1 Å². The smallest absolute Gasteiger partial charge is 0.370 e. The molecule has 0 saturated carbocycles. The molecule has 0 radical (unpaired) electrons. The highest BCUT2D eigenvalue weighted by Gasteiger charge is 2.37. The number of ether oxygens (including phenoxy) is 1. The SMILES string of the molecule is O=C(O)C1=CC[C@@H](O)[C@H]([C@H](O)[C@H](O)CO)O1. The molecule has 4 atom stereocenters. The summed E-state index contributed by atoms with van der Waals surface area (Å²) in [6.07, 6.45) is -4.25. The standard InChI is InChI=1S/C9H14O7/c10-3-5(12)7(13)8-4(11)1-2-6(16-8)9(14)15/h2,4-5,7-8,10-13H,1,3H2,(H,14,15)/t4-,5-,7-,8-/m1/s1. The van der Waals surface area contributed by atoms with Crippen molar-refractivity contribution < 1.29 is 35.1 Å². The van der Waals surface area contributed by atoms with E-state index in [0.717, 1.165) is 0 Å². The summed E-state index contributed by atoms with van der Waals surface area (Å²) in [4.78, 5) is 10.6. The average molecular weight is 234 g/mol. The third-order valence-corrected chi connectivity index (χ3v) is 2.32. The second-order valence-electron chi connectivity index (χ2n) is 3.50. The van der Waals surface area contributed by atoms with Crippen molar-refractivity contribution in [1.82, 2.24) is 0 Å². The van der Waals surface area contributed by atoms with Crippen LogP contribution in [0.1, 0.15) is 6.42 Å². The summed E-state index contributed by atoms with van der Waals surface area (Å²) in [6.45, 7) is -0.708. The van der Waals surface area contributed by atoms with Crippen LogP contribution in [0, 0.1) is 0 Å². The summed E-state index contributed by atoms with van der Waals surface area (Å²) in [5, 5.41) is 45.4. The lowest BCUT2D eigenvalue weighted by molar-refractivity contribution is -0.152. The number of carboxylic acids is 1. The molecule has 7 nitrogen and oxygen atoms in total. The van der Waals surface area contributed by atoms with Gasteiger partial charge < -0.3 is 30.3 Å². The van der Waals surface area contributed by atoms with Gasteiger partial charge in [-0.25, -0.2) is 4.79 Å². The average Bonchev–Trinajstić information content (AvgIpc) is 2.27. The Morgan fingerprint density at radius 2 is 2.19 bits per heavy atom. The molecular formula is C9H14O7. The van der Waals surface area contributed by atoms with E-state index in [0.29, 0.717) is 0 Å². The first-order valence-electron chi connectivity index (χ1n) is 4.72. The molecule has 0 aromatic rings. The van der Waals surface area contributed by atoms with E-state index in [1.807, 2.05) is 0 Å². The molecule has 0 bridgehead atoms. The number of hydrogen-bond donors (Lipinski definition) is 5. The minimum absolute atomic E-state index is 0.00150. The molecule has 0 unspecified atom stereocenters. The molecule has 0 saturated heterocycles. The van der Waals surface area contributed by atoms with Crippen LogP contribution >= 0.6 is 0 Å². The van der Waals surface area contributed by atoms with Crippen molar-refractivity contribution in [3.8, 4) is 0 Å². The Bertz CT molecular complexity index is 288. The number of rotatable bonds is 4. The highest BCUT2D eigenvalue weighted by atomic mass is 16.5. The third kappa shape index (κ3) is 2.70. The lowest BCUT2D eigenvalue weighted by atomic mass is 9.98. The van der Waals surface area contributed by atoms with E-state index in [2.05, 4.69) is 0 Å². The van der Waals surface area contributed by atoms with Crippen molar-refractivity contribution in [2.75, 3.05) is 6.61 Å². The van der Waals surface area contributed by atoms with Crippen LogP contribution in [0.5, 0.6) is 0 Å². The van der Waals surface area contributed by atoms with Crippen LogP contribution in [0.15, 0.2) is 11.8 Å². The van der Waals surface area contributed by atoms with Crippen molar-refractivity contribution in [3.05, 3.63) is 11.8 Å². The first-order chi connectivity index (χ1) is 7.47. The van der Waals surface area contributed by atoms with Gasteiger partial charge in [-0.2, -0.15) is 0 Å². The fraction of sp³-hybridized carbons (Fsp3) is 0.667. The molecule has 1 aliphatic heterocycles. The predicted molar refractivity (Wildman–Crippen MR) is 50.3 cm³/mol. The number of aliphatic carboxylic acids is 1. The van der Waals surface area contributed by atoms with Gasteiger partial charge in [0, 0.05) is 0 Å². The Balaban J connectivity index is 2.74. The normalized spacial score (nSPS) is 28.9. The molecule has 1 aliphatic rings. The fourth-order valence-corrected chi connectivity index (χ4v) is 1.40. The van der Waals surface area contributed by atoms with E-state index >= 15 is 0 Å². The number of aliphatic hydroxyl groups is 4. The molecule has 7 heteroatoms. The molecule has 0 aromatic carbocycles. The van der Waals surface area contributed by atoms with Crippen molar-refractivity contribution in [2.45, 2.75) is 30.8 Å². The molecule has 5 N–H and O–H groups in total. The van der Waals surface area contributed by atoms with E-state index in [9.17, 15) is 15.0 Å². The van der Waals surface area contributed by atoms with E-state index in [1.165, 1.54) is 6.08 Å². The molecule has 1 heterocycles. The highest BCUT2D eigenvalue weighted by Crippen LogP contribution is 2.21. The van der Waals surface area contributed by atoms with Crippen molar-refractivity contribution in [1.29, 1.82) is 0 Å². The Morgan fingerprint density at radius 3 is 2.69 bits per heavy atom. The topological polar surface area (TPSA) is 127 Å². The first kappa shape index (κ1) is 12.9. The minimum Gasteiger partial charge on any atom is -0.478 e. The second kappa shape index (κ2) is 5.26. The number of aliphatic hydroxyl groups excluding tert-OH is 4. The van der Waals surface area contributed by atoms with E-state index in [1.54, 1.807) is 0 Å². The van der Waals surface area contributed by atoms with Crippen LogP contribution in [-0.2, 0) is 9.53 Å². The van der Waals surface area contributed by atoms with Gasteiger partial charge in [-0.3, -0.25) is 0 Å². The van der Waals surface area contributed by atoms with Crippen LogP contribution < -0.4 is 0 Å². The largest absolute Gasteiger partial charge is 0.478 e. The fourth-order valence-electron chi connectivity index (χ4n) is 1.40. The number of carbonyl (C=O) groups is 1. The van der Waals surface area contributed by atoms with Gasteiger partial charge in [-0.1, -0.05) is 0 Å². The zero-order valence-electron chi connectivity index (χ0n) is 8.35. The van der Waals surface area contributed by atoms with Gasteiger partial charge in [-0.05, 0) is 12.5 Å². The quantitative estimate of drug-likeness (QED) is 0.374. The maximum atomic E-state index is 10.6. The molecule has 0 aliphatic carbocycles. The van der Waals surface area contributed by atoms with Crippen LogP contribution in [-0.4, -0.2) is 62.5 Å². The zero-order valence-corrected chi connectivity index (χ0v) is 8.35. The second-order valence-corrected chi connectivity index (χ2v) is 3.50. The van der Waals surface area contributed by atoms with Crippen molar-refractivity contribution >= 4 is 5.97 Å². The summed E-state index contributed by atoms with van der Waals surface area (Å²) in [7, 11) is 0. The maximum Gasteiger partial charge on any atom is 0.370 e. The monoisotopic (exact) mass is 234 g/mol. The summed E-state index contributed by atoms with van der Waals surface area (Å²) in [5.41, 5.74) is 0. The van der Waals surface area contributed by atoms with Crippen molar-refractivity contribution in [2.24, 2.45) is 0 Å². The Kier molecular flexibility index (Phi) is 4.25. The lowest BCUT2D eigenvalue weighted by Crippen LogP contribution is -2.48. The third-order valence-electron chi connectivity index (χ3n) is 2.32. The lowest BCUT2D eigenvalue weighted by Gasteiger charge is -2.32. The summed E-state index contributed by atoms with van der Waals surface area (Å²) >= 11 is 0. The summed E-state index contributed by atoms with van der Waals surface area (Å²) in [6, 6.07) is 0. The van der Waals surface area contributed by atoms with E-state index < -0.39 is 37.0 Å².